The summed E-state index contributed by atoms with van der Waals surface area (Å²) in [5.41, 5.74) is 4.99. The predicted octanol–water partition coefficient (Wildman–Crippen LogP) is 5.61. The highest BCUT2D eigenvalue weighted by atomic mass is 16.6. The molecule has 0 atom stereocenters. The fourth-order valence-corrected chi connectivity index (χ4v) is 2.78. The molecule has 0 N–H and O–H groups in total. The van der Waals surface area contributed by atoms with Crippen LogP contribution in [0.4, 0.5) is 0 Å². The number of nitrogens with zero attached hydrogens (tertiary/aromatic N) is 1. The summed E-state index contributed by atoms with van der Waals surface area (Å²) in [6.07, 6.45) is 2.02. The van der Waals surface area contributed by atoms with Gasteiger partial charge in [0.05, 0.1) is 5.56 Å². The molecular weight excluding hydrogens is 338 g/mol. The number of para-hydroxylation sites is 2. The zero-order valence-corrected chi connectivity index (χ0v) is 14.8. The second kappa shape index (κ2) is 7.30. The Labute approximate surface area is 156 Å². The van der Waals surface area contributed by atoms with Crippen LogP contribution in [-0.4, -0.2) is 11.0 Å². The minimum absolute atomic E-state index is 0.0508. The largest absolute Gasteiger partial charge is 0.409 e. The Morgan fingerprint density at radius 2 is 1.59 bits per heavy atom. The van der Waals surface area contributed by atoms with Crippen molar-refractivity contribution in [1.82, 2.24) is 4.98 Å². The molecule has 4 nitrogen and oxygen atoms in total. The molecule has 0 unspecified atom stereocenters. The number of carbonyl (C=O) groups is 1. The molecule has 0 radical (unpaired) electrons. The summed E-state index contributed by atoms with van der Waals surface area (Å²) in [5.74, 6) is -0.503. The summed E-state index contributed by atoms with van der Waals surface area (Å²) in [6.45, 7) is 2.06. The number of rotatable bonds is 4. The van der Waals surface area contributed by atoms with Gasteiger partial charge in [0, 0.05) is 0 Å². The standard InChI is InChI=1S/C23H17NO3/c1-16(18-7-3-2-4-8-18)15-17-11-13-19(14-12-17)22(25)27-23-24-20-9-5-6-10-21(20)26-23/h2-15H,1H3. The highest BCUT2D eigenvalue weighted by Gasteiger charge is 2.13. The van der Waals surface area contributed by atoms with E-state index < -0.39 is 5.97 Å². The number of carbonyl (C=O) groups excluding carboxylic acids is 1. The summed E-state index contributed by atoms with van der Waals surface area (Å²) in [7, 11) is 0. The zero-order chi connectivity index (χ0) is 18.6. The topological polar surface area (TPSA) is 52.3 Å². The number of hydrogen-bond donors (Lipinski definition) is 0. The van der Waals surface area contributed by atoms with E-state index in [4.69, 9.17) is 9.15 Å². The lowest BCUT2D eigenvalue weighted by Crippen LogP contribution is -2.08. The molecule has 0 aliphatic carbocycles. The van der Waals surface area contributed by atoms with Crippen molar-refractivity contribution >= 4 is 28.7 Å². The van der Waals surface area contributed by atoms with Crippen LogP contribution in [0, 0.1) is 0 Å². The number of fused-ring (bicyclic) bond motifs is 1. The molecule has 0 spiro atoms. The molecule has 4 aromatic rings. The van der Waals surface area contributed by atoms with Gasteiger partial charge in [0.25, 0.3) is 0 Å². The van der Waals surface area contributed by atoms with E-state index in [-0.39, 0.29) is 6.08 Å². The Hall–Kier alpha value is -3.66. The molecule has 27 heavy (non-hydrogen) atoms. The van der Waals surface area contributed by atoms with Crippen molar-refractivity contribution in [2.24, 2.45) is 0 Å². The number of esters is 1. The van der Waals surface area contributed by atoms with Crippen molar-refractivity contribution < 1.29 is 13.9 Å². The first-order valence-corrected chi connectivity index (χ1v) is 8.60. The fourth-order valence-electron chi connectivity index (χ4n) is 2.78. The summed E-state index contributed by atoms with van der Waals surface area (Å²) in [6, 6.07) is 24.6. The number of ether oxygens (including phenoxy) is 1. The maximum absolute atomic E-state index is 12.3. The molecule has 4 heteroatoms. The van der Waals surface area contributed by atoms with Gasteiger partial charge in [0.15, 0.2) is 5.58 Å². The monoisotopic (exact) mass is 355 g/mol. The fraction of sp³-hybridized carbons (Fsp3) is 0.0435. The van der Waals surface area contributed by atoms with Crippen LogP contribution in [0.5, 0.6) is 6.08 Å². The van der Waals surface area contributed by atoms with Gasteiger partial charge in [-0.3, -0.25) is 0 Å². The Kier molecular flexibility index (Phi) is 4.54. The molecule has 0 saturated heterocycles. The number of aromatic nitrogens is 1. The van der Waals surface area contributed by atoms with Gasteiger partial charge >= 0.3 is 12.0 Å². The van der Waals surface area contributed by atoms with E-state index >= 15 is 0 Å². The average Bonchev–Trinajstić information content (AvgIpc) is 3.11. The van der Waals surface area contributed by atoms with Crippen LogP contribution in [0.2, 0.25) is 0 Å². The third-order valence-corrected chi connectivity index (χ3v) is 4.21. The lowest BCUT2D eigenvalue weighted by Gasteiger charge is -2.03. The van der Waals surface area contributed by atoms with Crippen LogP contribution >= 0.6 is 0 Å². The van der Waals surface area contributed by atoms with Crippen molar-refractivity contribution in [3.63, 3.8) is 0 Å². The third kappa shape index (κ3) is 3.80. The first-order chi connectivity index (χ1) is 13.2. The molecule has 4 rings (SSSR count). The Morgan fingerprint density at radius 3 is 2.33 bits per heavy atom. The van der Waals surface area contributed by atoms with Gasteiger partial charge in [-0.15, -0.1) is 0 Å². The van der Waals surface area contributed by atoms with Crippen molar-refractivity contribution in [1.29, 1.82) is 0 Å². The van der Waals surface area contributed by atoms with Gasteiger partial charge in [-0.1, -0.05) is 60.7 Å². The lowest BCUT2D eigenvalue weighted by molar-refractivity contribution is 0.0687. The van der Waals surface area contributed by atoms with E-state index in [0.717, 1.165) is 16.7 Å². The number of allylic oxidation sites excluding steroid dienone is 1. The highest BCUT2D eigenvalue weighted by Crippen LogP contribution is 2.21. The van der Waals surface area contributed by atoms with E-state index in [1.54, 1.807) is 24.3 Å². The van der Waals surface area contributed by atoms with Gasteiger partial charge in [-0.05, 0) is 47.9 Å². The van der Waals surface area contributed by atoms with Crippen molar-refractivity contribution in [2.75, 3.05) is 0 Å². The first kappa shape index (κ1) is 16.8. The Balaban J connectivity index is 1.49. The molecule has 0 fully saturated rings. The van der Waals surface area contributed by atoms with Crippen LogP contribution in [0.15, 0.2) is 83.3 Å². The Bertz CT molecular complexity index is 1080. The Morgan fingerprint density at radius 1 is 0.889 bits per heavy atom. The molecule has 1 aromatic heterocycles. The quantitative estimate of drug-likeness (QED) is 0.353. The predicted molar refractivity (Wildman–Crippen MR) is 105 cm³/mol. The van der Waals surface area contributed by atoms with E-state index in [1.807, 2.05) is 42.5 Å². The molecule has 0 bridgehead atoms. The number of oxazole rings is 1. The minimum Gasteiger partial charge on any atom is -0.409 e. The normalized spacial score (nSPS) is 11.5. The smallest absolute Gasteiger partial charge is 0.402 e. The van der Waals surface area contributed by atoms with Crippen LogP contribution < -0.4 is 4.74 Å². The van der Waals surface area contributed by atoms with E-state index in [0.29, 0.717) is 16.7 Å². The van der Waals surface area contributed by atoms with Crippen molar-refractivity contribution in [3.8, 4) is 6.08 Å². The molecule has 0 aliphatic heterocycles. The number of hydrogen-bond acceptors (Lipinski definition) is 4. The van der Waals surface area contributed by atoms with Crippen LogP contribution in [0.1, 0.15) is 28.4 Å². The van der Waals surface area contributed by atoms with E-state index in [2.05, 4.69) is 30.1 Å². The van der Waals surface area contributed by atoms with Gasteiger partial charge < -0.3 is 9.15 Å². The minimum atomic E-state index is -0.503. The maximum Gasteiger partial charge on any atom is 0.402 e. The molecule has 0 saturated carbocycles. The average molecular weight is 355 g/mol. The zero-order valence-electron chi connectivity index (χ0n) is 14.8. The van der Waals surface area contributed by atoms with Crippen LogP contribution in [0.25, 0.3) is 22.7 Å². The first-order valence-electron chi connectivity index (χ1n) is 8.60. The number of benzene rings is 3. The summed E-state index contributed by atoms with van der Waals surface area (Å²) in [5, 5.41) is 0. The van der Waals surface area contributed by atoms with Gasteiger partial charge in [0.2, 0.25) is 0 Å². The van der Waals surface area contributed by atoms with E-state index in [1.165, 1.54) is 0 Å². The van der Waals surface area contributed by atoms with Gasteiger partial charge in [-0.25, -0.2) is 4.79 Å². The van der Waals surface area contributed by atoms with Gasteiger partial charge in [0.1, 0.15) is 5.52 Å². The van der Waals surface area contributed by atoms with Crippen molar-refractivity contribution in [2.45, 2.75) is 6.92 Å². The van der Waals surface area contributed by atoms with Crippen LogP contribution in [0.3, 0.4) is 0 Å². The highest BCUT2D eigenvalue weighted by molar-refractivity contribution is 5.91. The van der Waals surface area contributed by atoms with Gasteiger partial charge in [-0.2, -0.15) is 4.98 Å². The molecule has 0 aliphatic rings. The molecule has 3 aromatic carbocycles. The molecule has 132 valence electrons. The lowest BCUT2D eigenvalue weighted by atomic mass is 10.0. The van der Waals surface area contributed by atoms with Crippen molar-refractivity contribution in [3.05, 3.63) is 95.6 Å². The molecule has 0 amide bonds. The summed E-state index contributed by atoms with van der Waals surface area (Å²) in [4.78, 5) is 16.5. The molecule has 1 heterocycles. The SMILES string of the molecule is CC(=Cc1ccc(C(=O)Oc2nc3ccccc3o2)cc1)c1ccccc1. The second-order valence-electron chi connectivity index (χ2n) is 6.15. The summed E-state index contributed by atoms with van der Waals surface area (Å²) < 4.78 is 10.7. The van der Waals surface area contributed by atoms with Crippen LogP contribution in [-0.2, 0) is 0 Å². The van der Waals surface area contributed by atoms with E-state index in [9.17, 15) is 4.79 Å². The third-order valence-electron chi connectivity index (χ3n) is 4.21. The summed E-state index contributed by atoms with van der Waals surface area (Å²) >= 11 is 0. The maximum atomic E-state index is 12.3. The molecular formula is C23H17NO3. The second-order valence-corrected chi connectivity index (χ2v) is 6.15.